The van der Waals surface area contributed by atoms with Crippen molar-refractivity contribution in [1.82, 2.24) is 0 Å². The average molecular weight is 235 g/mol. The van der Waals surface area contributed by atoms with Gasteiger partial charge in [-0.3, -0.25) is 9.59 Å². The predicted molar refractivity (Wildman–Crippen MR) is 67.7 cm³/mol. The number of anilines is 2. The third kappa shape index (κ3) is 4.24. The first-order valence-electron chi connectivity index (χ1n) is 5.56. The van der Waals surface area contributed by atoms with Crippen LogP contribution in [0.25, 0.3) is 0 Å². The second-order valence-electron chi connectivity index (χ2n) is 3.53. The minimum absolute atomic E-state index is 0.0921. The molecule has 0 spiro atoms. The third-order valence-electron chi connectivity index (χ3n) is 2.17. The molecule has 0 unspecified atom stereocenters. The number of hydrogen-bond donors (Lipinski definition) is 3. The zero-order valence-electron chi connectivity index (χ0n) is 9.82. The van der Waals surface area contributed by atoms with Gasteiger partial charge in [0.05, 0.1) is 11.4 Å². The SMILES string of the molecule is CCC(=O)Nc1ccccc1NC(=O)CCN. The summed E-state index contributed by atoms with van der Waals surface area (Å²) in [4.78, 5) is 22.7. The van der Waals surface area contributed by atoms with Gasteiger partial charge in [-0.05, 0) is 12.1 Å². The van der Waals surface area contributed by atoms with E-state index in [9.17, 15) is 9.59 Å². The van der Waals surface area contributed by atoms with Crippen molar-refractivity contribution in [2.75, 3.05) is 17.2 Å². The van der Waals surface area contributed by atoms with Crippen LogP contribution < -0.4 is 16.4 Å². The summed E-state index contributed by atoms with van der Waals surface area (Å²) in [6.45, 7) is 2.07. The minimum atomic E-state index is -0.161. The highest BCUT2D eigenvalue weighted by Crippen LogP contribution is 2.21. The Morgan fingerprint density at radius 3 is 2.12 bits per heavy atom. The van der Waals surface area contributed by atoms with Crippen molar-refractivity contribution in [3.05, 3.63) is 24.3 Å². The van der Waals surface area contributed by atoms with Crippen LogP contribution in [-0.4, -0.2) is 18.4 Å². The second kappa shape index (κ2) is 6.65. The molecule has 92 valence electrons. The zero-order chi connectivity index (χ0) is 12.7. The van der Waals surface area contributed by atoms with E-state index in [4.69, 9.17) is 5.73 Å². The van der Waals surface area contributed by atoms with E-state index in [1.54, 1.807) is 31.2 Å². The van der Waals surface area contributed by atoms with E-state index in [2.05, 4.69) is 10.6 Å². The Morgan fingerprint density at radius 2 is 1.65 bits per heavy atom. The molecule has 0 bridgehead atoms. The van der Waals surface area contributed by atoms with Crippen LogP contribution >= 0.6 is 0 Å². The van der Waals surface area contributed by atoms with Crippen molar-refractivity contribution in [1.29, 1.82) is 0 Å². The molecule has 0 aromatic heterocycles. The average Bonchev–Trinajstić information content (AvgIpc) is 2.31. The van der Waals surface area contributed by atoms with Crippen LogP contribution in [0.3, 0.4) is 0 Å². The van der Waals surface area contributed by atoms with Gasteiger partial charge in [0.1, 0.15) is 0 Å². The maximum Gasteiger partial charge on any atom is 0.225 e. The first-order chi connectivity index (χ1) is 8.17. The lowest BCUT2D eigenvalue weighted by molar-refractivity contribution is -0.116. The van der Waals surface area contributed by atoms with Gasteiger partial charge < -0.3 is 16.4 Å². The fourth-order valence-corrected chi connectivity index (χ4v) is 1.28. The molecule has 1 aromatic carbocycles. The second-order valence-corrected chi connectivity index (χ2v) is 3.53. The van der Waals surface area contributed by atoms with E-state index in [1.165, 1.54) is 0 Å². The van der Waals surface area contributed by atoms with E-state index in [1.807, 2.05) is 0 Å². The Hall–Kier alpha value is -1.88. The molecule has 0 aliphatic heterocycles. The summed E-state index contributed by atoms with van der Waals surface area (Å²) in [6, 6.07) is 7.06. The first kappa shape index (κ1) is 13.2. The van der Waals surface area contributed by atoms with Crippen molar-refractivity contribution in [3.63, 3.8) is 0 Å². The van der Waals surface area contributed by atoms with Crippen molar-refractivity contribution in [2.45, 2.75) is 19.8 Å². The van der Waals surface area contributed by atoms with E-state index < -0.39 is 0 Å². The van der Waals surface area contributed by atoms with Gasteiger partial charge in [0.25, 0.3) is 0 Å². The first-order valence-corrected chi connectivity index (χ1v) is 5.56. The van der Waals surface area contributed by atoms with Gasteiger partial charge in [-0.2, -0.15) is 0 Å². The third-order valence-corrected chi connectivity index (χ3v) is 2.17. The van der Waals surface area contributed by atoms with Crippen LogP contribution in [0.1, 0.15) is 19.8 Å². The molecule has 5 heteroatoms. The van der Waals surface area contributed by atoms with Gasteiger partial charge in [-0.1, -0.05) is 19.1 Å². The van der Waals surface area contributed by atoms with Crippen LogP contribution in [0.4, 0.5) is 11.4 Å². The van der Waals surface area contributed by atoms with Crippen molar-refractivity contribution >= 4 is 23.2 Å². The summed E-state index contributed by atoms with van der Waals surface area (Å²) < 4.78 is 0. The quantitative estimate of drug-likeness (QED) is 0.719. The van der Waals surface area contributed by atoms with Crippen molar-refractivity contribution in [3.8, 4) is 0 Å². The molecule has 5 nitrogen and oxygen atoms in total. The number of carbonyl (C=O) groups excluding carboxylic acids is 2. The Morgan fingerprint density at radius 1 is 1.12 bits per heavy atom. The molecule has 4 N–H and O–H groups in total. The van der Waals surface area contributed by atoms with Gasteiger partial charge >= 0.3 is 0 Å². The molecular formula is C12H17N3O2. The maximum absolute atomic E-state index is 11.4. The van der Waals surface area contributed by atoms with Gasteiger partial charge in [0.15, 0.2) is 0 Å². The minimum Gasteiger partial charge on any atom is -0.330 e. The molecule has 0 aliphatic carbocycles. The van der Waals surface area contributed by atoms with E-state index >= 15 is 0 Å². The summed E-state index contributed by atoms with van der Waals surface area (Å²) in [7, 11) is 0. The molecule has 1 rings (SSSR count). The molecule has 0 saturated carbocycles. The molecule has 0 atom stereocenters. The van der Waals surface area contributed by atoms with E-state index in [0.717, 1.165) is 0 Å². The lowest BCUT2D eigenvalue weighted by Gasteiger charge is -2.11. The van der Waals surface area contributed by atoms with Crippen LogP contribution in [0.15, 0.2) is 24.3 Å². The van der Waals surface area contributed by atoms with E-state index in [-0.39, 0.29) is 18.2 Å². The number of para-hydroxylation sites is 2. The van der Waals surface area contributed by atoms with Gasteiger partial charge in [-0.15, -0.1) is 0 Å². The van der Waals surface area contributed by atoms with Crippen LogP contribution in [-0.2, 0) is 9.59 Å². The van der Waals surface area contributed by atoms with Gasteiger partial charge in [-0.25, -0.2) is 0 Å². The standard InChI is InChI=1S/C12H17N3O2/c1-2-11(16)14-9-5-3-4-6-10(9)15-12(17)7-8-13/h3-6H,2,7-8,13H2,1H3,(H,14,16)(H,15,17). The fraction of sp³-hybridized carbons (Fsp3) is 0.333. The molecule has 17 heavy (non-hydrogen) atoms. The fourth-order valence-electron chi connectivity index (χ4n) is 1.28. The Balaban J connectivity index is 2.77. The molecule has 2 amide bonds. The highest BCUT2D eigenvalue weighted by atomic mass is 16.2. The molecule has 0 aliphatic rings. The number of rotatable bonds is 5. The Bertz CT molecular complexity index is 404. The number of amides is 2. The van der Waals surface area contributed by atoms with E-state index in [0.29, 0.717) is 24.3 Å². The summed E-state index contributed by atoms with van der Waals surface area (Å²) in [6.07, 6.45) is 0.654. The van der Waals surface area contributed by atoms with Crippen molar-refractivity contribution in [2.24, 2.45) is 5.73 Å². The molecular weight excluding hydrogens is 218 g/mol. The zero-order valence-corrected chi connectivity index (χ0v) is 9.82. The highest BCUT2D eigenvalue weighted by Gasteiger charge is 2.07. The number of benzene rings is 1. The predicted octanol–water partition coefficient (Wildman–Crippen LogP) is 1.32. The number of nitrogens with two attached hydrogens (primary N) is 1. The summed E-state index contributed by atoms with van der Waals surface area (Å²) in [5, 5.41) is 5.43. The lowest BCUT2D eigenvalue weighted by Crippen LogP contribution is -2.18. The molecule has 0 heterocycles. The highest BCUT2D eigenvalue weighted by molar-refractivity contribution is 5.99. The molecule has 0 saturated heterocycles. The lowest BCUT2D eigenvalue weighted by atomic mass is 10.2. The van der Waals surface area contributed by atoms with Gasteiger partial charge in [0, 0.05) is 19.4 Å². The summed E-state index contributed by atoms with van der Waals surface area (Å²) >= 11 is 0. The van der Waals surface area contributed by atoms with Crippen LogP contribution in [0, 0.1) is 0 Å². The topological polar surface area (TPSA) is 84.2 Å². The summed E-state index contributed by atoms with van der Waals surface area (Å²) in [5.41, 5.74) is 6.48. The molecule has 0 radical (unpaired) electrons. The monoisotopic (exact) mass is 235 g/mol. The van der Waals surface area contributed by atoms with Crippen molar-refractivity contribution < 1.29 is 9.59 Å². The number of hydrogen-bond acceptors (Lipinski definition) is 3. The Labute approximate surface area is 100 Å². The largest absolute Gasteiger partial charge is 0.330 e. The van der Waals surface area contributed by atoms with Crippen LogP contribution in [0.2, 0.25) is 0 Å². The van der Waals surface area contributed by atoms with Gasteiger partial charge in [0.2, 0.25) is 11.8 Å². The molecule has 1 aromatic rings. The van der Waals surface area contributed by atoms with Crippen LogP contribution in [0.5, 0.6) is 0 Å². The summed E-state index contributed by atoms with van der Waals surface area (Å²) in [5.74, 6) is -0.253. The smallest absolute Gasteiger partial charge is 0.225 e. The number of nitrogens with one attached hydrogen (secondary N) is 2. The molecule has 0 fully saturated rings. The number of carbonyl (C=O) groups is 2. The maximum atomic E-state index is 11.4. The Kier molecular flexibility index (Phi) is 5.16. The normalized spacial score (nSPS) is 9.76.